The third-order valence-corrected chi connectivity index (χ3v) is 12.8. The fourth-order valence-electron chi connectivity index (χ4n) is 7.72. The minimum atomic E-state index is -0.113. The van der Waals surface area contributed by atoms with Crippen molar-refractivity contribution in [3.8, 4) is 35.0 Å². The molecule has 378 valence electrons. The predicted molar refractivity (Wildman–Crippen MR) is 301 cm³/mol. The second-order valence-electron chi connectivity index (χ2n) is 17.6. The molecular weight excluding hydrogens is 1100 g/mol. The van der Waals surface area contributed by atoms with Crippen LogP contribution in [0.2, 0.25) is 5.28 Å². The van der Waals surface area contributed by atoms with Crippen molar-refractivity contribution in [2.75, 3.05) is 24.3 Å². The van der Waals surface area contributed by atoms with Crippen molar-refractivity contribution in [2.24, 2.45) is 0 Å². The van der Waals surface area contributed by atoms with Crippen LogP contribution in [0.4, 0.5) is 23.3 Å². The van der Waals surface area contributed by atoms with Crippen LogP contribution in [0.3, 0.4) is 0 Å². The molecule has 0 fully saturated rings. The van der Waals surface area contributed by atoms with Crippen LogP contribution in [0.5, 0.6) is 11.5 Å². The number of amides is 3. The molecule has 0 unspecified atom stereocenters. The lowest BCUT2D eigenvalue weighted by molar-refractivity contribution is 0.0934. The number of nitrogens with one attached hydrogen (secondary N) is 5. The van der Waals surface area contributed by atoms with Gasteiger partial charge in [-0.15, -0.1) is 6.42 Å². The fraction of sp³-hybridized carbons (Fsp3) is 0.161. The van der Waals surface area contributed by atoms with Crippen LogP contribution in [0.15, 0.2) is 131 Å². The van der Waals surface area contributed by atoms with Crippen LogP contribution in [-0.2, 0) is 6.42 Å². The number of methoxy groups -OCH3 is 1. The van der Waals surface area contributed by atoms with Crippen LogP contribution in [0, 0.1) is 12.3 Å². The Hall–Kier alpha value is -8.24. The Bertz CT molecular complexity index is 3670. The number of benzene rings is 6. The van der Waals surface area contributed by atoms with E-state index >= 15 is 0 Å². The minimum Gasteiger partial charge on any atom is -0.507 e. The average molecular weight is 1150 g/mol. The topological polar surface area (TPSA) is 218 Å². The van der Waals surface area contributed by atoms with Gasteiger partial charge in [-0.2, -0.15) is 0 Å². The summed E-state index contributed by atoms with van der Waals surface area (Å²) in [6, 6.07) is 31.1. The first-order valence-electron chi connectivity index (χ1n) is 23.4. The van der Waals surface area contributed by atoms with Gasteiger partial charge >= 0.3 is 0 Å². The molecule has 6 aromatic carbocycles. The van der Waals surface area contributed by atoms with Gasteiger partial charge in [0, 0.05) is 99.1 Å². The Morgan fingerprint density at radius 3 is 1.79 bits per heavy atom. The molecule has 3 amide bonds. The Morgan fingerprint density at radius 1 is 0.693 bits per heavy atom. The molecule has 0 saturated carbocycles. The Labute approximate surface area is 453 Å². The first kappa shape index (κ1) is 53.1. The van der Waals surface area contributed by atoms with Crippen molar-refractivity contribution in [3.63, 3.8) is 0 Å². The number of carbonyl (C=O) groups excluding carboxylic acids is 3. The third-order valence-electron chi connectivity index (χ3n) is 11.3. The number of fused-ring (bicyclic) bond motifs is 4. The molecular formula is C56H48Br2ClN11O5. The van der Waals surface area contributed by atoms with Crippen molar-refractivity contribution >= 4 is 117 Å². The predicted octanol–water partition coefficient (Wildman–Crippen LogP) is 11.5. The summed E-state index contributed by atoms with van der Waals surface area (Å²) in [6.07, 6.45) is 11.7. The van der Waals surface area contributed by atoms with E-state index in [0.717, 1.165) is 77.5 Å². The standard InChI is InChI=1S/C29H25N5O2.C18H17BrN4O2.C9H6BrClN2O/c1-4-18-13-22-16-31-29(33-23-8-5-19(6-9-23)27(35)32-17(2)3)34-26(22)15-25(18)20-7-10-24-21(14-20)11-12-30-28(24)36;1-10(2)21-17(25)11-3-5-13(6-4-11)22-18-20-9-12-7-14(19)16(24)8-15(12)23-18;1-14-8-3-7-5(2-6(8)10)4-12-9(11)13-7/h1,5-10,13-17H,11-12H2,2-3H3,(H,30,36)(H,32,35)(H,31,33,34);3-10,24H,1-2H3,(H,21,25)(H,20,22,23);2-4H,1H3. The van der Waals surface area contributed by atoms with Gasteiger partial charge in [0.05, 0.1) is 32.6 Å². The second-order valence-corrected chi connectivity index (χ2v) is 19.6. The molecule has 0 atom stereocenters. The first-order valence-corrected chi connectivity index (χ1v) is 25.4. The molecule has 6 N–H and O–H groups in total. The third kappa shape index (κ3) is 13.3. The monoisotopic (exact) mass is 1150 g/mol. The number of anilines is 4. The summed E-state index contributed by atoms with van der Waals surface area (Å²) in [5, 5.41) is 27.5. The highest BCUT2D eigenvalue weighted by Crippen LogP contribution is 2.33. The van der Waals surface area contributed by atoms with Crippen molar-refractivity contribution in [2.45, 2.75) is 46.2 Å². The summed E-state index contributed by atoms with van der Waals surface area (Å²) in [5.41, 5.74) is 9.13. The number of aromatic nitrogens is 6. The zero-order valence-corrected chi connectivity index (χ0v) is 45.0. The van der Waals surface area contributed by atoms with Gasteiger partial charge in [0.15, 0.2) is 0 Å². The van der Waals surface area contributed by atoms with E-state index in [4.69, 9.17) is 27.7 Å². The lowest BCUT2D eigenvalue weighted by atomic mass is 9.92. The number of ether oxygens (including phenoxy) is 1. The van der Waals surface area contributed by atoms with Gasteiger partial charge in [-0.1, -0.05) is 18.1 Å². The quantitative estimate of drug-likeness (QED) is 0.0555. The maximum Gasteiger partial charge on any atom is 0.251 e. The van der Waals surface area contributed by atoms with Gasteiger partial charge in [0.25, 0.3) is 17.7 Å². The van der Waals surface area contributed by atoms with E-state index in [1.54, 1.807) is 74.2 Å². The number of halogens is 3. The van der Waals surface area contributed by atoms with Gasteiger partial charge < -0.3 is 36.4 Å². The number of phenolic OH excluding ortho intramolecular Hbond substituents is 1. The van der Waals surface area contributed by atoms with Gasteiger partial charge in [-0.25, -0.2) is 29.9 Å². The highest BCUT2D eigenvalue weighted by molar-refractivity contribution is 9.11. The van der Waals surface area contributed by atoms with E-state index in [2.05, 4.69) is 89.3 Å². The molecule has 4 heterocycles. The van der Waals surface area contributed by atoms with Gasteiger partial charge in [0.2, 0.25) is 17.2 Å². The summed E-state index contributed by atoms with van der Waals surface area (Å²) in [4.78, 5) is 62.0. The van der Waals surface area contributed by atoms with Crippen LogP contribution in [0.1, 0.15) is 69.9 Å². The average Bonchev–Trinajstić information content (AvgIpc) is 3.39. The highest BCUT2D eigenvalue weighted by Gasteiger charge is 2.19. The molecule has 10 rings (SSSR count). The Morgan fingerprint density at radius 2 is 1.23 bits per heavy atom. The number of hydrogen-bond donors (Lipinski definition) is 6. The van der Waals surface area contributed by atoms with E-state index in [-0.39, 0.29) is 40.8 Å². The van der Waals surface area contributed by atoms with Crippen molar-refractivity contribution in [1.29, 1.82) is 0 Å². The summed E-state index contributed by atoms with van der Waals surface area (Å²) >= 11 is 12.3. The number of aromatic hydroxyl groups is 1. The lowest BCUT2D eigenvalue weighted by Gasteiger charge is -2.18. The molecule has 0 saturated heterocycles. The highest BCUT2D eigenvalue weighted by atomic mass is 79.9. The van der Waals surface area contributed by atoms with Crippen molar-refractivity contribution in [3.05, 3.63) is 164 Å². The molecule has 19 heteroatoms. The van der Waals surface area contributed by atoms with Crippen LogP contribution in [-0.4, -0.2) is 78.5 Å². The summed E-state index contributed by atoms with van der Waals surface area (Å²) in [5.74, 6) is 4.20. The van der Waals surface area contributed by atoms with E-state index in [0.29, 0.717) is 45.1 Å². The van der Waals surface area contributed by atoms with E-state index in [1.807, 2.05) is 82.3 Å². The number of rotatable bonds is 10. The maximum absolute atomic E-state index is 12.2. The number of terminal acetylenes is 1. The lowest BCUT2D eigenvalue weighted by Crippen LogP contribution is -2.31. The van der Waals surface area contributed by atoms with Gasteiger partial charge in [-0.3, -0.25) is 14.4 Å². The summed E-state index contributed by atoms with van der Waals surface area (Å²) < 4.78 is 6.61. The van der Waals surface area contributed by atoms with Gasteiger partial charge in [-0.05, 0) is 173 Å². The molecule has 9 aromatic rings. The van der Waals surface area contributed by atoms with Crippen LogP contribution < -0.4 is 31.3 Å². The molecule has 0 bridgehead atoms. The van der Waals surface area contributed by atoms with E-state index in [1.165, 1.54) is 0 Å². The Kier molecular flexibility index (Phi) is 16.8. The number of hydrogen-bond acceptors (Lipinski definition) is 13. The van der Waals surface area contributed by atoms with Crippen LogP contribution >= 0.6 is 43.5 Å². The van der Waals surface area contributed by atoms with Crippen molar-refractivity contribution in [1.82, 2.24) is 45.9 Å². The zero-order chi connectivity index (χ0) is 53.3. The molecule has 0 radical (unpaired) electrons. The minimum absolute atomic E-state index is 0.0458. The maximum atomic E-state index is 12.2. The van der Waals surface area contributed by atoms with Crippen LogP contribution in [0.25, 0.3) is 43.8 Å². The van der Waals surface area contributed by atoms with Gasteiger partial charge in [0.1, 0.15) is 11.5 Å². The van der Waals surface area contributed by atoms with Crippen molar-refractivity contribution < 1.29 is 24.2 Å². The molecule has 1 aliphatic rings. The molecule has 3 aromatic heterocycles. The molecule has 75 heavy (non-hydrogen) atoms. The number of carbonyl (C=O) groups is 3. The first-order chi connectivity index (χ1) is 36.0. The number of nitrogens with zero attached hydrogens (tertiary/aromatic N) is 6. The zero-order valence-electron chi connectivity index (χ0n) is 41.1. The molecule has 0 aliphatic carbocycles. The smallest absolute Gasteiger partial charge is 0.251 e. The molecule has 1 aliphatic heterocycles. The SMILES string of the molecule is C#Cc1cc2cnc(Nc3ccc(C(=O)NC(C)C)cc3)nc2cc1-c1ccc2c(c1)CCNC2=O.CC(C)NC(=O)c1ccc(Nc2ncc3cc(Br)c(O)cc3n2)cc1.COc1cc2nc(Cl)ncc2cc1Br. The summed E-state index contributed by atoms with van der Waals surface area (Å²) in [7, 11) is 1.61. The summed E-state index contributed by atoms with van der Waals surface area (Å²) in [6.45, 7) is 8.31. The molecule has 0 spiro atoms. The normalized spacial score (nSPS) is 11.6. The largest absolute Gasteiger partial charge is 0.507 e. The fourth-order valence-corrected chi connectivity index (χ4v) is 8.74. The Balaban J connectivity index is 0.000000165. The molecule has 16 nitrogen and oxygen atoms in total. The number of phenols is 1. The second kappa shape index (κ2) is 23.7. The van der Waals surface area contributed by atoms with E-state index in [9.17, 15) is 19.5 Å². The van der Waals surface area contributed by atoms with E-state index < -0.39 is 0 Å².